The van der Waals surface area contributed by atoms with Crippen molar-refractivity contribution in [3.63, 3.8) is 0 Å². The van der Waals surface area contributed by atoms with Crippen molar-refractivity contribution in [2.75, 3.05) is 98.1 Å². The normalized spacial score (nSPS) is 15.2. The zero-order valence-electron chi connectivity index (χ0n) is 51.6. The van der Waals surface area contributed by atoms with Gasteiger partial charge >= 0.3 is 122 Å². The number of nitrogens with zero attached hydrogens (tertiary/aromatic N) is 12. The first-order valence-electron chi connectivity index (χ1n) is 29.3. The van der Waals surface area contributed by atoms with E-state index in [1.54, 1.807) is 0 Å². The molecule has 0 bridgehead atoms. The van der Waals surface area contributed by atoms with Crippen molar-refractivity contribution >= 4 is 149 Å². The van der Waals surface area contributed by atoms with Gasteiger partial charge in [0.05, 0.1) is 0 Å². The van der Waals surface area contributed by atoms with E-state index < -0.39 is 0 Å². The van der Waals surface area contributed by atoms with E-state index in [1.165, 1.54) is 68.2 Å². The molecule has 0 aliphatic carbocycles. The molecule has 0 atom stereocenters. The molecule has 0 fully saturated rings. The predicted molar refractivity (Wildman–Crippen MR) is 388 cm³/mol. The van der Waals surface area contributed by atoms with Gasteiger partial charge in [0.15, 0.2) is 0 Å². The average molecular weight is 1840 g/mol. The fourth-order valence-corrected chi connectivity index (χ4v) is 11.4. The molecule has 486 valence electrons. The molecule has 87 heavy (non-hydrogen) atoms. The molecular formula is C66H84Br6N12Pd3-6. The molecule has 0 saturated heterocycles. The average Bonchev–Trinajstić information content (AvgIpc) is 2.50. The summed E-state index contributed by atoms with van der Waals surface area (Å²) in [5.74, 6) is 0. The Morgan fingerprint density at radius 3 is 0.437 bits per heavy atom. The predicted octanol–water partition coefficient (Wildman–Crippen LogP) is 19.2. The van der Waals surface area contributed by atoms with Crippen LogP contribution in [-0.4, -0.2) is 75.5 Å². The zero-order valence-corrected chi connectivity index (χ0v) is 65.8. The third-order valence-corrected chi connectivity index (χ3v) is 15.5. The SMILES string of the molecule is CC(C)N1[CH-]N(CCN2[CH-]N(C(C)C)c3ccccc32)c2ccccc21.CC(C)N1[CH-]N(CCN2[CH-]N(C(C)C)c3ccccc32)c2ccccc21.CC(C)N1[CH-]N(CCN2[CH-]N(C(C)C)c3ccccc32)c2ccccc21.[Br][Pd][Br].[Br][Pd][Br].[Br][Pd][Br]. The molecule has 6 aromatic carbocycles. The van der Waals surface area contributed by atoms with Crippen LogP contribution in [0.2, 0.25) is 0 Å². The quantitative estimate of drug-likeness (QED) is 0.0726. The molecule has 6 aliphatic rings. The third-order valence-electron chi connectivity index (χ3n) is 15.5. The third kappa shape index (κ3) is 18.3. The monoisotopic (exact) mass is 1840 g/mol. The maximum absolute atomic E-state index is 3.11. The number of hydrogen-bond donors (Lipinski definition) is 0. The Labute approximate surface area is 586 Å². The van der Waals surface area contributed by atoms with Crippen LogP contribution in [0.15, 0.2) is 146 Å². The van der Waals surface area contributed by atoms with Gasteiger partial charge in [0.2, 0.25) is 0 Å². The van der Waals surface area contributed by atoms with Gasteiger partial charge in [-0.2, -0.15) is 40.0 Å². The van der Waals surface area contributed by atoms with Crippen LogP contribution in [-0.2, 0) is 41.8 Å². The molecule has 0 aromatic heterocycles. The van der Waals surface area contributed by atoms with E-state index in [0.717, 1.165) is 39.3 Å². The topological polar surface area (TPSA) is 38.9 Å². The van der Waals surface area contributed by atoms with Crippen LogP contribution >= 0.6 is 80.6 Å². The first-order chi connectivity index (χ1) is 41.9. The van der Waals surface area contributed by atoms with Gasteiger partial charge in [-0.3, -0.25) is 0 Å². The molecule has 12 rings (SSSR count). The van der Waals surface area contributed by atoms with E-state index in [1.807, 2.05) is 0 Å². The first kappa shape index (κ1) is 72.2. The second-order valence-electron chi connectivity index (χ2n) is 22.9. The van der Waals surface area contributed by atoms with Gasteiger partial charge in [-0.15, -0.1) is 0 Å². The molecule has 0 unspecified atom stereocenters. The van der Waals surface area contributed by atoms with Crippen LogP contribution in [0.4, 0.5) is 68.2 Å². The Morgan fingerprint density at radius 2 is 0.333 bits per heavy atom. The second-order valence-corrected chi connectivity index (χ2v) is 44.4. The fraction of sp³-hybridized carbons (Fsp3) is 0.364. The summed E-state index contributed by atoms with van der Waals surface area (Å²) in [6.07, 6.45) is 0. The molecule has 0 spiro atoms. The summed E-state index contributed by atoms with van der Waals surface area (Å²) in [4.78, 5) is 28.4. The number of benzene rings is 6. The number of halogens is 6. The van der Waals surface area contributed by atoms with Gasteiger partial charge in [0.25, 0.3) is 0 Å². The molecule has 12 nitrogen and oxygen atoms in total. The number of anilines is 12. The molecule has 0 saturated carbocycles. The van der Waals surface area contributed by atoms with Gasteiger partial charge in [-0.1, -0.05) is 72.8 Å². The Balaban J connectivity index is 0.000000174. The summed E-state index contributed by atoms with van der Waals surface area (Å²) in [5.41, 5.74) is 15.6. The molecule has 6 aromatic rings. The fourth-order valence-electron chi connectivity index (χ4n) is 11.4. The standard InChI is InChI=1S/3C22H28N4.6BrH.3Pd/c3*1-17(2)25-15-23(19-9-5-7-11-21(19)25)13-14-24-16-26(18(3)4)22-12-8-6-10-20(22)24;;;;;;;;;/h3*5-12,15-18H,13-14H2,1-4H3;6*1H;;;/q3*-2;;;;;;;3*+2/p-6. The van der Waals surface area contributed by atoms with Crippen molar-refractivity contribution in [3.05, 3.63) is 186 Å². The first-order valence-corrected chi connectivity index (χ1v) is 50.7. The maximum atomic E-state index is 3.11. The van der Waals surface area contributed by atoms with Crippen LogP contribution in [0, 0.1) is 40.0 Å². The zero-order chi connectivity index (χ0) is 62.9. The van der Waals surface area contributed by atoms with Gasteiger partial charge in [0, 0.05) is 108 Å². The minimum atomic E-state index is 0.455. The van der Waals surface area contributed by atoms with E-state index in [0.29, 0.717) is 78.1 Å². The summed E-state index contributed by atoms with van der Waals surface area (Å²) < 4.78 is 0. The second kappa shape index (κ2) is 35.7. The van der Waals surface area contributed by atoms with Crippen LogP contribution in [0.1, 0.15) is 83.1 Å². The summed E-state index contributed by atoms with van der Waals surface area (Å²) in [7, 11) is 0. The summed E-state index contributed by atoms with van der Waals surface area (Å²) in [5, 5.41) is 0. The summed E-state index contributed by atoms with van der Waals surface area (Å²) in [6.45, 7) is 46.2. The van der Waals surface area contributed by atoms with Crippen molar-refractivity contribution in [3.8, 4) is 0 Å². The summed E-state index contributed by atoms with van der Waals surface area (Å²) >= 11 is 20.4. The van der Waals surface area contributed by atoms with Crippen molar-refractivity contribution in [1.82, 2.24) is 0 Å². The molecule has 0 radical (unpaired) electrons. The molecular weight excluding hydrogens is 1760 g/mol. The van der Waals surface area contributed by atoms with Crippen LogP contribution in [0.25, 0.3) is 0 Å². The number of hydrogen-bond acceptors (Lipinski definition) is 12. The Morgan fingerprint density at radius 1 is 0.230 bits per heavy atom. The number of rotatable bonds is 15. The van der Waals surface area contributed by atoms with Crippen molar-refractivity contribution in [2.45, 2.75) is 119 Å². The molecule has 6 heterocycles. The van der Waals surface area contributed by atoms with E-state index in [2.05, 4.69) is 408 Å². The Kier molecular flexibility index (Phi) is 29.7. The number of fused-ring (bicyclic) bond motifs is 6. The van der Waals surface area contributed by atoms with Crippen molar-refractivity contribution in [1.29, 1.82) is 0 Å². The van der Waals surface area contributed by atoms with Gasteiger partial charge in [-0.05, 0) is 192 Å². The number of para-hydroxylation sites is 12. The van der Waals surface area contributed by atoms with Gasteiger partial charge < -0.3 is 58.8 Å². The van der Waals surface area contributed by atoms with Gasteiger partial charge in [-0.25, -0.2) is 0 Å². The molecule has 21 heteroatoms. The Hall–Kier alpha value is -2.21. The molecule has 6 aliphatic heterocycles. The Bertz CT molecular complexity index is 2530. The van der Waals surface area contributed by atoms with Gasteiger partial charge in [0.1, 0.15) is 0 Å². The van der Waals surface area contributed by atoms with Crippen LogP contribution in [0.3, 0.4) is 0 Å². The van der Waals surface area contributed by atoms with Crippen molar-refractivity contribution < 1.29 is 41.8 Å². The van der Waals surface area contributed by atoms with E-state index in [9.17, 15) is 0 Å². The van der Waals surface area contributed by atoms with Crippen LogP contribution < -0.4 is 58.8 Å². The van der Waals surface area contributed by atoms with E-state index >= 15 is 0 Å². The van der Waals surface area contributed by atoms with Crippen LogP contribution in [0.5, 0.6) is 0 Å². The molecule has 0 N–H and O–H groups in total. The van der Waals surface area contributed by atoms with E-state index in [-0.39, 0.29) is 0 Å². The molecule has 0 amide bonds. The minimum absolute atomic E-state index is 0.455. The van der Waals surface area contributed by atoms with E-state index in [4.69, 9.17) is 0 Å². The summed E-state index contributed by atoms with van der Waals surface area (Å²) in [6, 6.07) is 54.8. The van der Waals surface area contributed by atoms with Crippen molar-refractivity contribution in [2.24, 2.45) is 0 Å².